The Morgan fingerprint density at radius 3 is 2.29 bits per heavy atom. The van der Waals surface area contributed by atoms with E-state index in [4.69, 9.17) is 4.74 Å². The number of nitrogens with one attached hydrogen (secondary N) is 1. The Bertz CT molecular complexity index is 166. The van der Waals surface area contributed by atoms with Crippen LogP contribution in [0.2, 0.25) is 0 Å². The Kier molecular flexibility index (Phi) is 9.85. The molecule has 0 amide bonds. The molecule has 0 saturated heterocycles. The molecule has 0 aromatic heterocycles. The Labute approximate surface area is 109 Å². The van der Waals surface area contributed by atoms with Crippen LogP contribution in [0.1, 0.15) is 66.7 Å². The zero-order valence-corrected chi connectivity index (χ0v) is 12.6. The molecule has 0 heterocycles. The molecule has 0 radical (unpaired) electrons. The first-order chi connectivity index (χ1) is 7.98. The summed E-state index contributed by atoms with van der Waals surface area (Å²) < 4.78 is 5.77. The topological polar surface area (TPSA) is 21.3 Å². The van der Waals surface area contributed by atoms with E-state index >= 15 is 0 Å². The average molecular weight is 243 g/mol. The summed E-state index contributed by atoms with van der Waals surface area (Å²) in [6.07, 6.45) is 6.57. The van der Waals surface area contributed by atoms with Crippen molar-refractivity contribution < 1.29 is 4.74 Å². The highest BCUT2D eigenvalue weighted by Crippen LogP contribution is 2.14. The van der Waals surface area contributed by atoms with Gasteiger partial charge in [-0.1, -0.05) is 60.3 Å². The van der Waals surface area contributed by atoms with Crippen LogP contribution in [0, 0.1) is 5.41 Å². The molecule has 0 saturated carbocycles. The van der Waals surface area contributed by atoms with E-state index in [0.717, 1.165) is 19.8 Å². The van der Waals surface area contributed by atoms with Crippen molar-refractivity contribution in [1.82, 2.24) is 5.32 Å². The third-order valence-corrected chi connectivity index (χ3v) is 2.87. The van der Waals surface area contributed by atoms with Crippen molar-refractivity contribution in [3.05, 3.63) is 0 Å². The molecule has 0 spiro atoms. The van der Waals surface area contributed by atoms with Crippen LogP contribution < -0.4 is 5.32 Å². The van der Waals surface area contributed by atoms with Gasteiger partial charge in [-0.25, -0.2) is 0 Å². The molecule has 0 aromatic rings. The zero-order chi connectivity index (χ0) is 13.1. The summed E-state index contributed by atoms with van der Waals surface area (Å²) in [5, 5.41) is 3.47. The van der Waals surface area contributed by atoms with E-state index in [2.05, 4.69) is 39.9 Å². The van der Waals surface area contributed by atoms with Crippen molar-refractivity contribution in [3.8, 4) is 0 Å². The smallest absolute Gasteiger partial charge is 0.0529 e. The molecule has 0 atom stereocenters. The minimum absolute atomic E-state index is 0.244. The van der Waals surface area contributed by atoms with Crippen LogP contribution in [0.15, 0.2) is 0 Å². The van der Waals surface area contributed by atoms with Crippen LogP contribution in [0.25, 0.3) is 0 Å². The van der Waals surface area contributed by atoms with Crippen molar-refractivity contribution >= 4 is 0 Å². The second kappa shape index (κ2) is 9.90. The second-order valence-corrected chi connectivity index (χ2v) is 6.17. The van der Waals surface area contributed by atoms with Crippen LogP contribution in [0.4, 0.5) is 0 Å². The summed E-state index contributed by atoms with van der Waals surface area (Å²) in [6, 6.07) is 0.559. The van der Waals surface area contributed by atoms with Crippen molar-refractivity contribution in [2.45, 2.75) is 72.8 Å². The molecule has 2 nitrogen and oxygen atoms in total. The molecule has 0 aliphatic heterocycles. The van der Waals surface area contributed by atoms with Gasteiger partial charge in [0.1, 0.15) is 0 Å². The van der Waals surface area contributed by atoms with E-state index in [1.165, 1.54) is 32.1 Å². The van der Waals surface area contributed by atoms with Gasteiger partial charge in [0.05, 0.1) is 6.61 Å². The van der Waals surface area contributed by atoms with E-state index in [0.29, 0.717) is 6.04 Å². The van der Waals surface area contributed by atoms with Crippen molar-refractivity contribution in [1.29, 1.82) is 0 Å². The van der Waals surface area contributed by atoms with Crippen LogP contribution in [0.3, 0.4) is 0 Å². The molecule has 0 rings (SSSR count). The fourth-order valence-corrected chi connectivity index (χ4v) is 1.69. The first-order valence-corrected chi connectivity index (χ1v) is 7.29. The van der Waals surface area contributed by atoms with Gasteiger partial charge in [0.25, 0.3) is 0 Å². The molecule has 0 aliphatic rings. The lowest BCUT2D eigenvalue weighted by Crippen LogP contribution is -2.36. The fourth-order valence-electron chi connectivity index (χ4n) is 1.69. The maximum absolute atomic E-state index is 5.77. The summed E-state index contributed by atoms with van der Waals surface area (Å²) in [4.78, 5) is 0. The van der Waals surface area contributed by atoms with Crippen molar-refractivity contribution in [2.75, 3.05) is 19.8 Å². The van der Waals surface area contributed by atoms with Gasteiger partial charge in [-0.2, -0.15) is 0 Å². The number of hydrogen-bond donors (Lipinski definition) is 1. The lowest BCUT2D eigenvalue weighted by Gasteiger charge is -2.26. The molecule has 0 aromatic carbocycles. The van der Waals surface area contributed by atoms with Gasteiger partial charge in [0.15, 0.2) is 0 Å². The Balaban J connectivity index is 3.39. The molecular weight excluding hydrogens is 210 g/mol. The number of unbranched alkanes of at least 4 members (excludes halogenated alkanes) is 4. The zero-order valence-electron chi connectivity index (χ0n) is 12.6. The van der Waals surface area contributed by atoms with Gasteiger partial charge < -0.3 is 10.1 Å². The van der Waals surface area contributed by atoms with Gasteiger partial charge in [0, 0.05) is 24.6 Å². The van der Waals surface area contributed by atoms with Gasteiger partial charge in [-0.15, -0.1) is 0 Å². The highest BCUT2D eigenvalue weighted by molar-refractivity contribution is 4.72. The number of ether oxygens (including phenoxy) is 1. The average Bonchev–Trinajstić information content (AvgIpc) is 2.25. The predicted octanol–water partition coefficient (Wildman–Crippen LogP) is 4.00. The molecule has 104 valence electrons. The van der Waals surface area contributed by atoms with E-state index < -0.39 is 0 Å². The SMILES string of the molecule is CCCCCCCOCC(C)(C)CNC(C)C. The summed E-state index contributed by atoms with van der Waals surface area (Å²) >= 11 is 0. The molecule has 0 aliphatic carbocycles. The maximum atomic E-state index is 5.77. The number of rotatable bonds is 11. The molecule has 0 bridgehead atoms. The summed E-state index contributed by atoms with van der Waals surface area (Å²) in [7, 11) is 0. The summed E-state index contributed by atoms with van der Waals surface area (Å²) in [5.41, 5.74) is 0.244. The largest absolute Gasteiger partial charge is 0.381 e. The first-order valence-electron chi connectivity index (χ1n) is 7.29. The van der Waals surface area contributed by atoms with Gasteiger partial charge in [0.2, 0.25) is 0 Å². The van der Waals surface area contributed by atoms with E-state index in [1.807, 2.05) is 0 Å². The maximum Gasteiger partial charge on any atom is 0.0529 e. The highest BCUT2D eigenvalue weighted by Gasteiger charge is 2.17. The Hall–Kier alpha value is -0.0800. The summed E-state index contributed by atoms with van der Waals surface area (Å²) in [5.74, 6) is 0. The van der Waals surface area contributed by atoms with Crippen LogP contribution >= 0.6 is 0 Å². The molecule has 17 heavy (non-hydrogen) atoms. The third kappa shape index (κ3) is 12.2. The predicted molar refractivity (Wildman–Crippen MR) is 76.5 cm³/mol. The first kappa shape index (κ1) is 16.9. The minimum atomic E-state index is 0.244. The molecular formula is C15H33NO. The van der Waals surface area contributed by atoms with Crippen LogP contribution in [-0.2, 0) is 4.74 Å². The quantitative estimate of drug-likeness (QED) is 0.554. The molecule has 0 unspecified atom stereocenters. The van der Waals surface area contributed by atoms with E-state index in [9.17, 15) is 0 Å². The Morgan fingerprint density at radius 1 is 1.06 bits per heavy atom. The molecule has 0 fully saturated rings. The standard InChI is InChI=1S/C15H33NO/c1-6-7-8-9-10-11-17-13-15(4,5)12-16-14(2)3/h14,16H,6-13H2,1-5H3. The second-order valence-electron chi connectivity index (χ2n) is 6.17. The number of hydrogen-bond acceptors (Lipinski definition) is 2. The Morgan fingerprint density at radius 2 is 1.71 bits per heavy atom. The minimum Gasteiger partial charge on any atom is -0.381 e. The van der Waals surface area contributed by atoms with Crippen molar-refractivity contribution in [3.63, 3.8) is 0 Å². The van der Waals surface area contributed by atoms with Crippen LogP contribution in [0.5, 0.6) is 0 Å². The van der Waals surface area contributed by atoms with Crippen molar-refractivity contribution in [2.24, 2.45) is 5.41 Å². The molecule has 2 heteroatoms. The van der Waals surface area contributed by atoms with Gasteiger partial charge >= 0.3 is 0 Å². The van der Waals surface area contributed by atoms with Gasteiger partial charge in [-0.05, 0) is 6.42 Å². The summed E-state index contributed by atoms with van der Waals surface area (Å²) in [6.45, 7) is 14.0. The monoisotopic (exact) mass is 243 g/mol. The van der Waals surface area contributed by atoms with E-state index in [1.54, 1.807) is 0 Å². The third-order valence-electron chi connectivity index (χ3n) is 2.87. The fraction of sp³-hybridized carbons (Fsp3) is 1.00. The van der Waals surface area contributed by atoms with Gasteiger partial charge in [-0.3, -0.25) is 0 Å². The lowest BCUT2D eigenvalue weighted by atomic mass is 9.94. The normalized spacial score (nSPS) is 12.4. The molecule has 1 N–H and O–H groups in total. The van der Waals surface area contributed by atoms with E-state index in [-0.39, 0.29) is 5.41 Å². The van der Waals surface area contributed by atoms with Crippen LogP contribution in [-0.4, -0.2) is 25.8 Å². The highest BCUT2D eigenvalue weighted by atomic mass is 16.5. The lowest BCUT2D eigenvalue weighted by molar-refractivity contribution is 0.0588.